The summed E-state index contributed by atoms with van der Waals surface area (Å²) in [5.41, 5.74) is 2.16. The zero-order valence-corrected chi connectivity index (χ0v) is 13.2. The summed E-state index contributed by atoms with van der Waals surface area (Å²) in [5.74, 6) is 0.0714. The van der Waals surface area contributed by atoms with E-state index in [9.17, 15) is 4.79 Å². The first-order valence-electron chi connectivity index (χ1n) is 7.16. The average Bonchev–Trinajstić information content (AvgIpc) is 2.51. The molecule has 3 heteroatoms. The molecule has 0 bridgehead atoms. The van der Waals surface area contributed by atoms with Crippen LogP contribution in [0.5, 0.6) is 0 Å². The standard InChI is InChI=1S/C18H20ClNO/c1-3-17(15-7-5-4-6-8-15)18(21)20(2)13-14-9-11-16(19)12-10-14/h4-12,17H,3,13H2,1-2H3. The van der Waals surface area contributed by atoms with Gasteiger partial charge in [0.05, 0.1) is 5.92 Å². The number of halogens is 1. The molecule has 2 aromatic rings. The lowest BCUT2D eigenvalue weighted by atomic mass is 9.95. The molecular weight excluding hydrogens is 282 g/mol. The SMILES string of the molecule is CCC(C(=O)N(C)Cc1ccc(Cl)cc1)c1ccccc1. The Bertz CT molecular complexity index is 580. The van der Waals surface area contributed by atoms with Gasteiger partial charge >= 0.3 is 0 Å². The molecule has 0 heterocycles. The molecule has 0 aliphatic heterocycles. The molecule has 0 radical (unpaired) electrons. The van der Waals surface area contributed by atoms with Crippen molar-refractivity contribution < 1.29 is 4.79 Å². The lowest BCUT2D eigenvalue weighted by Gasteiger charge is -2.23. The van der Waals surface area contributed by atoms with Crippen molar-refractivity contribution in [3.05, 3.63) is 70.7 Å². The number of amides is 1. The maximum absolute atomic E-state index is 12.6. The predicted octanol–water partition coefficient (Wildman–Crippen LogP) is 4.49. The number of benzene rings is 2. The van der Waals surface area contributed by atoms with Crippen LogP contribution < -0.4 is 0 Å². The molecule has 0 aliphatic carbocycles. The van der Waals surface area contributed by atoms with Crippen LogP contribution >= 0.6 is 11.6 Å². The van der Waals surface area contributed by atoms with E-state index < -0.39 is 0 Å². The van der Waals surface area contributed by atoms with Gasteiger partial charge < -0.3 is 4.90 Å². The van der Waals surface area contributed by atoms with E-state index in [2.05, 4.69) is 0 Å². The second kappa shape index (κ2) is 7.28. The normalized spacial score (nSPS) is 12.0. The summed E-state index contributed by atoms with van der Waals surface area (Å²) in [5, 5.41) is 0.712. The van der Waals surface area contributed by atoms with Crippen molar-refractivity contribution in [3.8, 4) is 0 Å². The van der Waals surface area contributed by atoms with Gasteiger partial charge in [0, 0.05) is 18.6 Å². The maximum atomic E-state index is 12.6. The molecule has 2 aromatic carbocycles. The van der Waals surface area contributed by atoms with Crippen molar-refractivity contribution in [3.63, 3.8) is 0 Å². The van der Waals surface area contributed by atoms with Gasteiger partial charge in [-0.25, -0.2) is 0 Å². The third kappa shape index (κ3) is 4.08. The van der Waals surface area contributed by atoms with Crippen LogP contribution in [-0.4, -0.2) is 17.9 Å². The highest BCUT2D eigenvalue weighted by molar-refractivity contribution is 6.30. The molecule has 0 saturated carbocycles. The summed E-state index contributed by atoms with van der Waals surface area (Å²) in [6.07, 6.45) is 0.799. The maximum Gasteiger partial charge on any atom is 0.230 e. The fourth-order valence-corrected chi connectivity index (χ4v) is 2.57. The lowest BCUT2D eigenvalue weighted by molar-refractivity contribution is -0.132. The molecule has 0 spiro atoms. The lowest BCUT2D eigenvalue weighted by Crippen LogP contribution is -2.31. The van der Waals surface area contributed by atoms with Crippen molar-refractivity contribution in [1.29, 1.82) is 0 Å². The smallest absolute Gasteiger partial charge is 0.230 e. The summed E-state index contributed by atoms with van der Waals surface area (Å²) >= 11 is 5.88. The molecular formula is C18H20ClNO. The largest absolute Gasteiger partial charge is 0.341 e. The van der Waals surface area contributed by atoms with Crippen LogP contribution in [0.4, 0.5) is 0 Å². The first-order chi connectivity index (χ1) is 10.1. The molecule has 1 atom stereocenters. The van der Waals surface area contributed by atoms with E-state index in [0.29, 0.717) is 11.6 Å². The zero-order valence-electron chi connectivity index (χ0n) is 12.4. The molecule has 110 valence electrons. The van der Waals surface area contributed by atoms with Crippen LogP contribution in [0, 0.1) is 0 Å². The molecule has 1 amide bonds. The van der Waals surface area contributed by atoms with E-state index in [1.54, 1.807) is 4.90 Å². The number of hydrogen-bond acceptors (Lipinski definition) is 1. The summed E-state index contributed by atoms with van der Waals surface area (Å²) in [4.78, 5) is 14.4. The van der Waals surface area contributed by atoms with Crippen molar-refractivity contribution in [1.82, 2.24) is 4.90 Å². The summed E-state index contributed by atoms with van der Waals surface area (Å²) in [6, 6.07) is 17.6. The van der Waals surface area contributed by atoms with E-state index >= 15 is 0 Å². The van der Waals surface area contributed by atoms with E-state index in [1.165, 1.54) is 0 Å². The number of hydrogen-bond donors (Lipinski definition) is 0. The molecule has 1 unspecified atom stereocenters. The quantitative estimate of drug-likeness (QED) is 0.796. The number of carbonyl (C=O) groups excluding carboxylic acids is 1. The summed E-state index contributed by atoms with van der Waals surface area (Å²) in [6.45, 7) is 2.64. The molecule has 21 heavy (non-hydrogen) atoms. The Labute approximate surface area is 131 Å². The summed E-state index contributed by atoms with van der Waals surface area (Å²) < 4.78 is 0. The molecule has 0 aromatic heterocycles. The third-order valence-electron chi connectivity index (χ3n) is 3.62. The van der Waals surface area contributed by atoms with Crippen molar-refractivity contribution in [2.24, 2.45) is 0 Å². The van der Waals surface area contributed by atoms with Crippen LogP contribution in [-0.2, 0) is 11.3 Å². The van der Waals surface area contributed by atoms with Gasteiger partial charge in [-0.1, -0.05) is 61.0 Å². The fourth-order valence-electron chi connectivity index (χ4n) is 2.45. The Morgan fingerprint density at radius 1 is 1.10 bits per heavy atom. The van der Waals surface area contributed by atoms with Gasteiger partial charge in [-0.2, -0.15) is 0 Å². The van der Waals surface area contributed by atoms with Gasteiger partial charge in [0.2, 0.25) is 5.91 Å². The fraction of sp³-hybridized carbons (Fsp3) is 0.278. The molecule has 0 fully saturated rings. The number of likely N-dealkylation sites (N-methyl/N-ethyl adjacent to an activating group) is 1. The zero-order chi connectivity index (χ0) is 15.2. The number of nitrogens with zero attached hydrogens (tertiary/aromatic N) is 1. The average molecular weight is 302 g/mol. The second-order valence-corrected chi connectivity index (χ2v) is 5.63. The second-order valence-electron chi connectivity index (χ2n) is 5.19. The third-order valence-corrected chi connectivity index (χ3v) is 3.87. The minimum absolute atomic E-state index is 0.0801. The Morgan fingerprint density at radius 3 is 2.29 bits per heavy atom. The van der Waals surface area contributed by atoms with Gasteiger partial charge in [0.15, 0.2) is 0 Å². The summed E-state index contributed by atoms with van der Waals surface area (Å²) in [7, 11) is 1.85. The van der Waals surface area contributed by atoms with Crippen molar-refractivity contribution in [2.75, 3.05) is 7.05 Å². The van der Waals surface area contributed by atoms with Gasteiger partial charge in [0.1, 0.15) is 0 Å². The van der Waals surface area contributed by atoms with Crippen LogP contribution in [0.2, 0.25) is 5.02 Å². The van der Waals surface area contributed by atoms with E-state index in [-0.39, 0.29) is 11.8 Å². The highest BCUT2D eigenvalue weighted by Gasteiger charge is 2.21. The minimum atomic E-state index is -0.0801. The number of carbonyl (C=O) groups is 1. The highest BCUT2D eigenvalue weighted by atomic mass is 35.5. The minimum Gasteiger partial charge on any atom is -0.341 e. The van der Waals surface area contributed by atoms with Crippen LogP contribution in [0.1, 0.15) is 30.4 Å². The van der Waals surface area contributed by atoms with E-state index in [1.807, 2.05) is 68.6 Å². The van der Waals surface area contributed by atoms with Crippen molar-refractivity contribution >= 4 is 17.5 Å². The Morgan fingerprint density at radius 2 is 1.71 bits per heavy atom. The molecule has 0 saturated heterocycles. The molecule has 2 rings (SSSR count). The molecule has 2 nitrogen and oxygen atoms in total. The monoisotopic (exact) mass is 301 g/mol. The molecule has 0 aliphatic rings. The first kappa shape index (κ1) is 15.6. The Hall–Kier alpha value is -1.80. The first-order valence-corrected chi connectivity index (χ1v) is 7.54. The molecule has 0 N–H and O–H groups in total. The van der Waals surface area contributed by atoms with Crippen molar-refractivity contribution in [2.45, 2.75) is 25.8 Å². The van der Waals surface area contributed by atoms with Gasteiger partial charge in [-0.05, 0) is 29.7 Å². The Balaban J connectivity index is 2.08. The van der Waals surface area contributed by atoms with Gasteiger partial charge in [0.25, 0.3) is 0 Å². The van der Waals surface area contributed by atoms with Gasteiger partial charge in [-0.15, -0.1) is 0 Å². The Kier molecular flexibility index (Phi) is 5.40. The van der Waals surface area contributed by atoms with Crippen LogP contribution in [0.15, 0.2) is 54.6 Å². The number of rotatable bonds is 5. The van der Waals surface area contributed by atoms with Gasteiger partial charge in [-0.3, -0.25) is 4.79 Å². The predicted molar refractivity (Wildman–Crippen MR) is 87.4 cm³/mol. The van der Waals surface area contributed by atoms with E-state index in [0.717, 1.165) is 17.5 Å². The van der Waals surface area contributed by atoms with E-state index in [4.69, 9.17) is 11.6 Å². The highest BCUT2D eigenvalue weighted by Crippen LogP contribution is 2.22. The topological polar surface area (TPSA) is 20.3 Å². The van der Waals surface area contributed by atoms with Crippen LogP contribution in [0.25, 0.3) is 0 Å². The van der Waals surface area contributed by atoms with Crippen LogP contribution in [0.3, 0.4) is 0 Å².